The van der Waals surface area contributed by atoms with E-state index in [2.05, 4.69) is 5.43 Å². The van der Waals surface area contributed by atoms with Gasteiger partial charge in [0, 0.05) is 12.1 Å². The van der Waals surface area contributed by atoms with Crippen molar-refractivity contribution >= 4 is 57.6 Å². The zero-order valence-electron chi connectivity index (χ0n) is 15.3. The second-order valence-electron chi connectivity index (χ2n) is 6.00. The molecule has 154 valence electrons. The number of nitrogens with one attached hydrogen (secondary N) is 1. The number of thioether (sulfide) groups is 1. The van der Waals surface area contributed by atoms with Crippen molar-refractivity contribution in [2.75, 3.05) is 12.0 Å². The van der Waals surface area contributed by atoms with E-state index in [1.54, 1.807) is 30.3 Å². The molecule has 11 heteroatoms. The topological polar surface area (TPSA) is 122 Å². The molecule has 3 rings (SSSR count). The Kier molecular flexibility index (Phi) is 6.65. The van der Waals surface area contributed by atoms with E-state index in [9.17, 15) is 19.7 Å². The Morgan fingerprint density at radius 2 is 2.03 bits per heavy atom. The number of hydrogen-bond donors (Lipinski definition) is 2. The Balaban J connectivity index is 1.70. The van der Waals surface area contributed by atoms with Gasteiger partial charge < -0.3 is 9.84 Å². The largest absolute Gasteiger partial charge is 0.493 e. The first kappa shape index (κ1) is 21.3. The number of carboxylic acid groups (broad SMARTS) is 1. The molecule has 0 aliphatic carbocycles. The molecular formula is C19H15N3O6S2. The predicted molar refractivity (Wildman–Crippen MR) is 116 cm³/mol. The Hall–Kier alpha value is -3.44. The number of aliphatic carboxylic acids is 1. The van der Waals surface area contributed by atoms with Gasteiger partial charge >= 0.3 is 5.97 Å². The average molecular weight is 445 g/mol. The first-order valence-electron chi connectivity index (χ1n) is 8.57. The number of nitro groups is 1. The summed E-state index contributed by atoms with van der Waals surface area (Å²) < 4.78 is 5.69. The van der Waals surface area contributed by atoms with Crippen LogP contribution in [-0.2, 0) is 9.59 Å². The molecule has 1 amide bonds. The quantitative estimate of drug-likeness (QED) is 0.271. The molecule has 0 aromatic heterocycles. The van der Waals surface area contributed by atoms with Crippen LogP contribution in [-0.4, -0.2) is 37.8 Å². The van der Waals surface area contributed by atoms with E-state index < -0.39 is 10.9 Å². The van der Waals surface area contributed by atoms with Gasteiger partial charge in [-0.3, -0.25) is 25.1 Å². The number of carboxylic acids is 1. The third-order valence-corrected chi connectivity index (χ3v) is 5.16. The van der Waals surface area contributed by atoms with Gasteiger partial charge in [-0.1, -0.05) is 23.9 Å². The maximum atomic E-state index is 12.7. The highest BCUT2D eigenvalue weighted by molar-refractivity contribution is 8.26. The number of ether oxygens (including phenoxy) is 1. The lowest BCUT2D eigenvalue weighted by Gasteiger charge is -2.16. The van der Waals surface area contributed by atoms with E-state index in [0.717, 1.165) is 11.8 Å². The van der Waals surface area contributed by atoms with Crippen molar-refractivity contribution in [1.82, 2.24) is 5.01 Å². The number of nitro benzene ring substituents is 1. The second-order valence-corrected chi connectivity index (χ2v) is 7.67. The highest BCUT2D eigenvalue weighted by atomic mass is 32.2. The maximum absolute atomic E-state index is 12.7. The van der Waals surface area contributed by atoms with Crippen molar-refractivity contribution in [3.63, 3.8) is 0 Å². The first-order valence-corrected chi connectivity index (χ1v) is 9.79. The van der Waals surface area contributed by atoms with E-state index in [-0.39, 0.29) is 24.6 Å². The van der Waals surface area contributed by atoms with Gasteiger partial charge in [0.25, 0.3) is 11.6 Å². The molecule has 0 bridgehead atoms. The molecule has 9 nitrogen and oxygen atoms in total. The summed E-state index contributed by atoms with van der Waals surface area (Å²) in [6.45, 7) is 0.0417. The number of hydrogen-bond acceptors (Lipinski definition) is 8. The molecule has 0 unspecified atom stereocenters. The van der Waals surface area contributed by atoms with Crippen LogP contribution in [0.25, 0.3) is 6.08 Å². The number of nitrogens with zero attached hydrogens (tertiary/aromatic N) is 2. The Morgan fingerprint density at radius 3 is 2.70 bits per heavy atom. The summed E-state index contributed by atoms with van der Waals surface area (Å²) in [5.74, 6) is -0.819. The van der Waals surface area contributed by atoms with E-state index in [1.165, 1.54) is 29.3 Å². The van der Waals surface area contributed by atoms with E-state index in [1.807, 2.05) is 0 Å². The Labute approximate surface area is 180 Å². The van der Waals surface area contributed by atoms with Gasteiger partial charge in [0.15, 0.2) is 4.32 Å². The lowest BCUT2D eigenvalue weighted by atomic mass is 10.2. The molecule has 2 aromatic rings. The molecule has 2 N–H and O–H groups in total. The minimum Gasteiger partial charge on any atom is -0.493 e. The highest BCUT2D eigenvalue weighted by Gasteiger charge is 2.32. The van der Waals surface area contributed by atoms with E-state index in [4.69, 9.17) is 22.1 Å². The molecule has 0 atom stereocenters. The molecular weight excluding hydrogens is 430 g/mol. The zero-order valence-corrected chi connectivity index (χ0v) is 16.9. The normalized spacial score (nSPS) is 14.8. The van der Waals surface area contributed by atoms with Crippen LogP contribution in [0.2, 0.25) is 0 Å². The van der Waals surface area contributed by atoms with Crippen LogP contribution in [0.1, 0.15) is 12.0 Å². The van der Waals surface area contributed by atoms with E-state index in [0.29, 0.717) is 26.2 Å². The SMILES string of the molecule is O=C(O)CCOc1cccc(/C=C2/SC(=S)N(Nc3ccc([N+](=O)[O-])cc3)C2=O)c1. The molecule has 30 heavy (non-hydrogen) atoms. The Bertz CT molecular complexity index is 1040. The molecule has 0 spiro atoms. The van der Waals surface area contributed by atoms with Crippen LogP contribution in [0.5, 0.6) is 5.75 Å². The number of carbonyl (C=O) groups is 2. The number of carbonyl (C=O) groups excluding carboxylic acids is 1. The van der Waals surface area contributed by atoms with Crippen LogP contribution in [0, 0.1) is 10.1 Å². The number of hydrazine groups is 1. The summed E-state index contributed by atoms with van der Waals surface area (Å²) in [5.41, 5.74) is 3.96. The number of thiocarbonyl (C=S) groups is 1. The van der Waals surface area contributed by atoms with E-state index >= 15 is 0 Å². The van der Waals surface area contributed by atoms with Crippen molar-refractivity contribution in [3.8, 4) is 5.75 Å². The average Bonchev–Trinajstić information content (AvgIpc) is 2.96. The summed E-state index contributed by atoms with van der Waals surface area (Å²) in [4.78, 5) is 33.9. The minimum atomic E-state index is -0.949. The van der Waals surface area contributed by atoms with Gasteiger partial charge in [0.05, 0.1) is 28.5 Å². The maximum Gasteiger partial charge on any atom is 0.306 e. The molecule has 0 radical (unpaired) electrons. The third kappa shape index (κ3) is 5.33. The highest BCUT2D eigenvalue weighted by Crippen LogP contribution is 2.33. The summed E-state index contributed by atoms with van der Waals surface area (Å²) in [7, 11) is 0. The molecule has 1 fully saturated rings. The molecule has 1 aliphatic heterocycles. The van der Waals surface area contributed by atoms with Crippen molar-refractivity contribution in [1.29, 1.82) is 0 Å². The minimum absolute atomic E-state index is 0.0417. The van der Waals surface area contributed by atoms with Crippen molar-refractivity contribution in [2.24, 2.45) is 0 Å². The standard InChI is InChI=1S/C19H15N3O6S2/c23-17(24)8-9-28-15-3-1-2-12(10-15)11-16-18(25)21(19(29)30-16)20-13-4-6-14(7-5-13)22(26)27/h1-7,10-11,20H,8-9H2,(H,23,24)/b16-11+. The molecule has 1 saturated heterocycles. The molecule has 0 saturated carbocycles. The Morgan fingerprint density at radius 1 is 1.30 bits per heavy atom. The van der Waals surface area contributed by atoms with Crippen LogP contribution in [0.15, 0.2) is 53.4 Å². The fourth-order valence-corrected chi connectivity index (χ4v) is 3.63. The molecule has 1 heterocycles. The smallest absolute Gasteiger partial charge is 0.306 e. The summed E-state index contributed by atoms with van der Waals surface area (Å²) in [5, 5.41) is 20.6. The fraction of sp³-hybridized carbons (Fsp3) is 0.105. The number of benzene rings is 2. The van der Waals surface area contributed by atoms with Crippen molar-refractivity contribution < 1.29 is 24.4 Å². The number of non-ortho nitro benzene ring substituents is 1. The fourth-order valence-electron chi connectivity index (χ4n) is 2.45. The van der Waals surface area contributed by atoms with Crippen LogP contribution >= 0.6 is 24.0 Å². The van der Waals surface area contributed by atoms with Gasteiger partial charge in [0.2, 0.25) is 0 Å². The number of anilines is 1. The zero-order chi connectivity index (χ0) is 21.7. The molecule has 1 aliphatic rings. The first-order chi connectivity index (χ1) is 14.3. The predicted octanol–water partition coefficient (Wildman–Crippen LogP) is 3.68. The van der Waals surface area contributed by atoms with Gasteiger partial charge in [0.1, 0.15) is 5.75 Å². The monoisotopic (exact) mass is 445 g/mol. The second kappa shape index (κ2) is 9.37. The number of amides is 1. The van der Waals surface area contributed by atoms with Crippen molar-refractivity contribution in [2.45, 2.75) is 6.42 Å². The third-order valence-electron chi connectivity index (χ3n) is 3.85. The van der Waals surface area contributed by atoms with Crippen molar-refractivity contribution in [3.05, 3.63) is 69.1 Å². The lowest BCUT2D eigenvalue weighted by Crippen LogP contribution is -2.33. The number of rotatable bonds is 8. The summed E-state index contributed by atoms with van der Waals surface area (Å²) >= 11 is 6.37. The van der Waals surface area contributed by atoms with Gasteiger partial charge in [-0.15, -0.1) is 0 Å². The van der Waals surface area contributed by atoms with Crippen LogP contribution < -0.4 is 10.2 Å². The lowest BCUT2D eigenvalue weighted by molar-refractivity contribution is -0.384. The summed E-state index contributed by atoms with van der Waals surface area (Å²) in [6.07, 6.45) is 1.54. The van der Waals surface area contributed by atoms with Crippen LogP contribution in [0.3, 0.4) is 0 Å². The van der Waals surface area contributed by atoms with Crippen LogP contribution in [0.4, 0.5) is 11.4 Å². The van der Waals surface area contributed by atoms with Gasteiger partial charge in [-0.25, -0.2) is 5.01 Å². The van der Waals surface area contributed by atoms with Gasteiger partial charge in [-0.2, -0.15) is 0 Å². The molecule has 2 aromatic carbocycles. The van der Waals surface area contributed by atoms with Gasteiger partial charge in [-0.05, 0) is 48.1 Å². The summed E-state index contributed by atoms with van der Waals surface area (Å²) in [6, 6.07) is 12.5.